The molecule has 0 radical (unpaired) electrons. The van der Waals surface area contributed by atoms with E-state index in [9.17, 15) is 0 Å². The number of piperazine rings is 1. The molecule has 1 aliphatic rings. The van der Waals surface area contributed by atoms with Crippen molar-refractivity contribution in [2.45, 2.75) is 0 Å². The Hall–Kier alpha value is -0.820. The zero-order valence-electron chi connectivity index (χ0n) is 9.17. The van der Waals surface area contributed by atoms with E-state index in [-0.39, 0.29) is 0 Å². The quantitative estimate of drug-likeness (QED) is 0.787. The van der Waals surface area contributed by atoms with E-state index < -0.39 is 0 Å². The summed E-state index contributed by atoms with van der Waals surface area (Å²) in [5, 5.41) is 3.33. The van der Waals surface area contributed by atoms with E-state index in [1.54, 1.807) is 0 Å². The van der Waals surface area contributed by atoms with Crippen LogP contribution in [-0.2, 0) is 0 Å². The van der Waals surface area contributed by atoms with Gasteiger partial charge in [0.2, 0.25) is 0 Å². The second kappa shape index (κ2) is 6.05. The molecule has 2 rings (SSSR count). The molecule has 1 aromatic rings. The van der Waals surface area contributed by atoms with Crippen LogP contribution in [0.15, 0.2) is 28.7 Å². The van der Waals surface area contributed by atoms with Gasteiger partial charge in [0.1, 0.15) is 0 Å². The Morgan fingerprint density at radius 1 is 1.19 bits per heavy atom. The van der Waals surface area contributed by atoms with Crippen LogP contribution in [0.25, 0.3) is 0 Å². The lowest BCUT2D eigenvalue weighted by Crippen LogP contribution is -2.43. The number of hydrogen-bond donors (Lipinski definition) is 1. The predicted molar refractivity (Wildman–Crippen MR) is 70.3 cm³/mol. The molecule has 1 saturated heterocycles. The van der Waals surface area contributed by atoms with Gasteiger partial charge in [0, 0.05) is 36.2 Å². The van der Waals surface area contributed by atoms with Crippen LogP contribution < -0.4 is 5.32 Å². The topological polar surface area (TPSA) is 15.3 Å². The summed E-state index contributed by atoms with van der Waals surface area (Å²) in [5.74, 6) is 6.41. The minimum atomic E-state index is 0.873. The van der Waals surface area contributed by atoms with Crippen LogP contribution in [-0.4, -0.2) is 37.6 Å². The molecule has 16 heavy (non-hydrogen) atoms. The highest BCUT2D eigenvalue weighted by atomic mass is 79.9. The van der Waals surface area contributed by atoms with Crippen molar-refractivity contribution in [2.75, 3.05) is 32.7 Å². The molecule has 1 fully saturated rings. The highest BCUT2D eigenvalue weighted by molar-refractivity contribution is 9.10. The van der Waals surface area contributed by atoms with Gasteiger partial charge in [-0.2, -0.15) is 0 Å². The average molecular weight is 279 g/mol. The smallest absolute Gasteiger partial charge is 0.0606 e. The van der Waals surface area contributed by atoms with Crippen molar-refractivity contribution in [1.82, 2.24) is 10.2 Å². The Bertz CT molecular complexity index is 383. The maximum Gasteiger partial charge on any atom is 0.0606 e. The van der Waals surface area contributed by atoms with Crippen LogP contribution >= 0.6 is 15.9 Å². The number of rotatable bonds is 1. The van der Waals surface area contributed by atoms with Crippen LogP contribution in [0.2, 0.25) is 0 Å². The second-order valence-electron chi connectivity index (χ2n) is 3.83. The Morgan fingerprint density at radius 2 is 1.88 bits per heavy atom. The van der Waals surface area contributed by atoms with Crippen molar-refractivity contribution in [1.29, 1.82) is 0 Å². The monoisotopic (exact) mass is 278 g/mol. The summed E-state index contributed by atoms with van der Waals surface area (Å²) in [6, 6.07) is 8.12. The third kappa shape index (κ3) is 3.64. The van der Waals surface area contributed by atoms with Gasteiger partial charge in [-0.05, 0) is 24.3 Å². The first-order chi connectivity index (χ1) is 7.84. The minimum absolute atomic E-state index is 0.873. The number of benzene rings is 1. The molecule has 0 aliphatic carbocycles. The van der Waals surface area contributed by atoms with E-state index in [1.807, 2.05) is 24.3 Å². The lowest BCUT2D eigenvalue weighted by atomic mass is 10.2. The van der Waals surface area contributed by atoms with Crippen molar-refractivity contribution in [2.24, 2.45) is 0 Å². The van der Waals surface area contributed by atoms with Crippen LogP contribution in [0.1, 0.15) is 5.56 Å². The molecule has 2 nitrogen and oxygen atoms in total. The maximum atomic E-state index is 3.41. The van der Waals surface area contributed by atoms with Crippen LogP contribution in [0, 0.1) is 11.8 Å². The molecule has 1 heterocycles. The summed E-state index contributed by atoms with van der Waals surface area (Å²) in [6.07, 6.45) is 0. The largest absolute Gasteiger partial charge is 0.314 e. The standard InChI is InChI=1S/C13H15BrN2/c14-13-5-3-12(4-6-13)2-1-9-16-10-7-15-8-11-16/h3-6,15H,7-11H2. The highest BCUT2D eigenvalue weighted by Gasteiger charge is 2.06. The van der Waals surface area contributed by atoms with E-state index in [0.717, 1.165) is 42.8 Å². The maximum absolute atomic E-state index is 3.41. The third-order valence-electron chi connectivity index (χ3n) is 2.59. The number of hydrogen-bond acceptors (Lipinski definition) is 2. The minimum Gasteiger partial charge on any atom is -0.314 e. The van der Waals surface area contributed by atoms with Gasteiger partial charge >= 0.3 is 0 Å². The van der Waals surface area contributed by atoms with Gasteiger partial charge in [0.05, 0.1) is 6.54 Å². The van der Waals surface area contributed by atoms with Gasteiger partial charge in [-0.3, -0.25) is 4.90 Å². The number of nitrogens with zero attached hydrogens (tertiary/aromatic N) is 1. The number of nitrogens with one attached hydrogen (secondary N) is 1. The Kier molecular flexibility index (Phi) is 4.41. The first kappa shape index (κ1) is 11.7. The second-order valence-corrected chi connectivity index (χ2v) is 4.75. The van der Waals surface area contributed by atoms with E-state index >= 15 is 0 Å². The van der Waals surface area contributed by atoms with E-state index in [1.165, 1.54) is 0 Å². The van der Waals surface area contributed by atoms with E-state index in [4.69, 9.17) is 0 Å². The van der Waals surface area contributed by atoms with Crippen LogP contribution in [0.3, 0.4) is 0 Å². The van der Waals surface area contributed by atoms with Crippen molar-refractivity contribution >= 4 is 15.9 Å². The summed E-state index contributed by atoms with van der Waals surface area (Å²) in [6.45, 7) is 5.25. The molecule has 0 amide bonds. The summed E-state index contributed by atoms with van der Waals surface area (Å²) >= 11 is 3.41. The molecule has 84 valence electrons. The molecule has 1 aliphatic heterocycles. The first-order valence-corrected chi connectivity index (χ1v) is 6.31. The molecule has 0 unspecified atom stereocenters. The predicted octanol–water partition coefficient (Wildman–Crippen LogP) is 1.71. The van der Waals surface area contributed by atoms with Gasteiger partial charge in [0.15, 0.2) is 0 Å². The van der Waals surface area contributed by atoms with Crippen molar-refractivity contribution < 1.29 is 0 Å². The SMILES string of the molecule is Brc1ccc(C#CCN2CCNCC2)cc1. The number of halogens is 1. The van der Waals surface area contributed by atoms with Crippen LogP contribution in [0.5, 0.6) is 0 Å². The molecular weight excluding hydrogens is 264 g/mol. The van der Waals surface area contributed by atoms with Gasteiger partial charge in [-0.15, -0.1) is 0 Å². The first-order valence-electron chi connectivity index (χ1n) is 5.52. The van der Waals surface area contributed by atoms with Gasteiger partial charge in [0.25, 0.3) is 0 Å². The molecule has 0 atom stereocenters. The molecular formula is C13H15BrN2. The fourth-order valence-electron chi connectivity index (χ4n) is 1.66. The zero-order valence-corrected chi connectivity index (χ0v) is 10.8. The Balaban J connectivity index is 1.87. The zero-order chi connectivity index (χ0) is 11.2. The van der Waals surface area contributed by atoms with Gasteiger partial charge in [-0.1, -0.05) is 27.8 Å². The van der Waals surface area contributed by atoms with Crippen LogP contribution in [0.4, 0.5) is 0 Å². The normalized spacial score (nSPS) is 16.6. The summed E-state index contributed by atoms with van der Waals surface area (Å²) < 4.78 is 1.10. The lowest BCUT2D eigenvalue weighted by Gasteiger charge is -2.24. The summed E-state index contributed by atoms with van der Waals surface area (Å²) in [7, 11) is 0. The molecule has 0 saturated carbocycles. The average Bonchev–Trinajstić information content (AvgIpc) is 2.33. The Morgan fingerprint density at radius 3 is 2.56 bits per heavy atom. The van der Waals surface area contributed by atoms with E-state index in [0.29, 0.717) is 0 Å². The van der Waals surface area contributed by atoms with Crippen molar-refractivity contribution in [3.8, 4) is 11.8 Å². The lowest BCUT2D eigenvalue weighted by molar-refractivity contribution is 0.268. The molecule has 1 aromatic carbocycles. The van der Waals surface area contributed by atoms with Crippen molar-refractivity contribution in [3.63, 3.8) is 0 Å². The molecule has 3 heteroatoms. The highest BCUT2D eigenvalue weighted by Crippen LogP contribution is 2.09. The van der Waals surface area contributed by atoms with Gasteiger partial charge in [-0.25, -0.2) is 0 Å². The summed E-state index contributed by atoms with van der Waals surface area (Å²) in [5.41, 5.74) is 1.08. The molecule has 0 aromatic heterocycles. The molecule has 0 spiro atoms. The Labute approximate surface area is 105 Å². The fourth-order valence-corrected chi connectivity index (χ4v) is 1.92. The van der Waals surface area contributed by atoms with E-state index in [2.05, 4.69) is 38.0 Å². The molecule has 0 bridgehead atoms. The fraction of sp³-hybridized carbons (Fsp3) is 0.385. The molecule has 1 N–H and O–H groups in total. The van der Waals surface area contributed by atoms with Crippen molar-refractivity contribution in [3.05, 3.63) is 34.3 Å². The summed E-state index contributed by atoms with van der Waals surface area (Å²) in [4.78, 5) is 2.38. The third-order valence-corrected chi connectivity index (χ3v) is 3.12. The van der Waals surface area contributed by atoms with Gasteiger partial charge < -0.3 is 5.32 Å².